The highest BCUT2D eigenvalue weighted by molar-refractivity contribution is 5.28. The number of hydrogen-bond acceptors (Lipinski definition) is 2. The molecule has 0 bridgehead atoms. The Morgan fingerprint density at radius 1 is 1.37 bits per heavy atom. The van der Waals surface area contributed by atoms with Gasteiger partial charge in [-0.25, -0.2) is 0 Å². The Kier molecular flexibility index (Phi) is 3.71. The van der Waals surface area contributed by atoms with Gasteiger partial charge in [0.2, 0.25) is 0 Å². The number of rotatable bonds is 1. The molecule has 0 unspecified atom stereocenters. The molecule has 1 aliphatic rings. The van der Waals surface area contributed by atoms with Crippen LogP contribution in [0.5, 0.6) is 0 Å². The van der Waals surface area contributed by atoms with Gasteiger partial charge in [-0.1, -0.05) is 6.92 Å². The van der Waals surface area contributed by atoms with Gasteiger partial charge in [-0.2, -0.15) is 13.2 Å². The monoisotopic (exact) mass is 274 g/mol. The average molecular weight is 274 g/mol. The first-order chi connectivity index (χ1) is 8.79. The lowest BCUT2D eigenvalue weighted by Crippen LogP contribution is -2.35. The molecule has 2 rings (SSSR count). The van der Waals surface area contributed by atoms with E-state index in [4.69, 9.17) is 0 Å². The van der Waals surface area contributed by atoms with Gasteiger partial charge in [-0.15, -0.1) is 0 Å². The lowest BCUT2D eigenvalue weighted by atomic mass is 9.90. The molecule has 106 valence electrons. The number of pyridine rings is 1. The third-order valence-corrected chi connectivity index (χ3v) is 3.59. The summed E-state index contributed by atoms with van der Waals surface area (Å²) < 4.78 is 38.0. The molecule has 1 aromatic rings. The Hall–Kier alpha value is -1.30. The highest BCUT2D eigenvalue weighted by atomic mass is 19.4. The largest absolute Gasteiger partial charge is 0.431 e. The number of aryl methyl sites for hydroxylation is 1. The molecule has 0 spiro atoms. The third-order valence-electron chi connectivity index (χ3n) is 3.59. The molecule has 2 N–H and O–H groups in total. The van der Waals surface area contributed by atoms with Gasteiger partial charge >= 0.3 is 6.18 Å². The topological polar surface area (TPSA) is 44.9 Å². The second-order valence-corrected chi connectivity index (χ2v) is 5.25. The summed E-state index contributed by atoms with van der Waals surface area (Å²) in [5.41, 5.74) is -1.14. The van der Waals surface area contributed by atoms with Gasteiger partial charge in [0.05, 0.1) is 0 Å². The first kappa shape index (κ1) is 14.1. The van der Waals surface area contributed by atoms with E-state index in [0.29, 0.717) is 11.5 Å². The Morgan fingerprint density at radius 2 is 2.05 bits per heavy atom. The number of piperidine rings is 1. The molecule has 0 radical (unpaired) electrons. The van der Waals surface area contributed by atoms with Gasteiger partial charge in [0.15, 0.2) is 0 Å². The number of halogens is 3. The fraction of sp³-hybridized carbons (Fsp3) is 0.615. The molecule has 19 heavy (non-hydrogen) atoms. The second-order valence-electron chi connectivity index (χ2n) is 5.25. The summed E-state index contributed by atoms with van der Waals surface area (Å²) in [5.74, 6) is 0.466. The molecular weight excluding hydrogens is 257 g/mol. The average Bonchev–Trinajstić information content (AvgIpc) is 2.30. The van der Waals surface area contributed by atoms with E-state index in [1.54, 1.807) is 0 Å². The first-order valence-corrected chi connectivity index (χ1v) is 6.33. The van der Waals surface area contributed by atoms with Gasteiger partial charge in [-0.3, -0.25) is 4.79 Å². The second kappa shape index (κ2) is 5.00. The van der Waals surface area contributed by atoms with Crippen molar-refractivity contribution in [2.75, 3.05) is 6.54 Å². The van der Waals surface area contributed by atoms with Crippen LogP contribution in [0.15, 0.2) is 10.9 Å². The van der Waals surface area contributed by atoms with E-state index in [-0.39, 0.29) is 11.6 Å². The van der Waals surface area contributed by atoms with Crippen molar-refractivity contribution in [1.29, 1.82) is 0 Å². The molecule has 6 heteroatoms. The zero-order chi connectivity index (χ0) is 14.2. The lowest BCUT2D eigenvalue weighted by molar-refractivity contribution is -0.141. The molecule has 2 heterocycles. The van der Waals surface area contributed by atoms with E-state index in [2.05, 4.69) is 12.2 Å². The number of hydrogen-bond donors (Lipinski definition) is 2. The van der Waals surface area contributed by atoms with Crippen LogP contribution in [0.1, 0.15) is 42.6 Å². The summed E-state index contributed by atoms with van der Waals surface area (Å²) in [6, 6.07) is 1.20. The van der Waals surface area contributed by atoms with E-state index < -0.39 is 17.4 Å². The van der Waals surface area contributed by atoms with Crippen molar-refractivity contribution in [2.24, 2.45) is 5.92 Å². The van der Waals surface area contributed by atoms with Crippen LogP contribution in [0.2, 0.25) is 0 Å². The predicted octanol–water partition coefficient (Wildman–Crippen LogP) is 2.76. The Bertz CT molecular complexity index is 522. The smallest absolute Gasteiger partial charge is 0.318 e. The first-order valence-electron chi connectivity index (χ1n) is 6.33. The summed E-state index contributed by atoms with van der Waals surface area (Å²) >= 11 is 0. The van der Waals surface area contributed by atoms with Crippen LogP contribution < -0.4 is 10.9 Å². The SMILES string of the molecule is Cc1cc([C@H]2C[C@@H](C)CCN2)c(=O)[nH]c1C(F)(F)F. The molecule has 1 aliphatic heterocycles. The fourth-order valence-electron chi connectivity index (χ4n) is 2.55. The minimum atomic E-state index is -4.52. The lowest BCUT2D eigenvalue weighted by Gasteiger charge is -2.28. The van der Waals surface area contributed by atoms with E-state index in [0.717, 1.165) is 19.4 Å². The zero-order valence-electron chi connectivity index (χ0n) is 10.9. The van der Waals surface area contributed by atoms with Gasteiger partial charge in [0, 0.05) is 11.6 Å². The summed E-state index contributed by atoms with van der Waals surface area (Å²) in [5, 5.41) is 3.19. The summed E-state index contributed by atoms with van der Waals surface area (Å²) in [7, 11) is 0. The molecule has 1 saturated heterocycles. The van der Waals surface area contributed by atoms with E-state index in [1.807, 2.05) is 4.98 Å². The number of aromatic amines is 1. The van der Waals surface area contributed by atoms with Crippen LogP contribution in [-0.4, -0.2) is 11.5 Å². The van der Waals surface area contributed by atoms with Gasteiger partial charge in [0.1, 0.15) is 5.69 Å². The maximum Gasteiger partial charge on any atom is 0.431 e. The fourth-order valence-corrected chi connectivity index (χ4v) is 2.55. The van der Waals surface area contributed by atoms with E-state index in [1.165, 1.54) is 13.0 Å². The Morgan fingerprint density at radius 3 is 2.63 bits per heavy atom. The van der Waals surface area contributed by atoms with Crippen LogP contribution >= 0.6 is 0 Å². The normalized spacial score (nSPS) is 24.5. The number of alkyl halides is 3. The molecular formula is C13H17F3N2O. The van der Waals surface area contributed by atoms with Crippen molar-refractivity contribution in [1.82, 2.24) is 10.3 Å². The molecule has 1 aromatic heterocycles. The van der Waals surface area contributed by atoms with Gasteiger partial charge in [-0.05, 0) is 43.9 Å². The minimum Gasteiger partial charge on any atom is -0.318 e. The highest BCUT2D eigenvalue weighted by Gasteiger charge is 2.34. The molecule has 0 saturated carbocycles. The summed E-state index contributed by atoms with van der Waals surface area (Å²) in [6.07, 6.45) is -2.73. The van der Waals surface area contributed by atoms with Crippen LogP contribution in [0, 0.1) is 12.8 Å². The molecule has 1 fully saturated rings. The van der Waals surface area contributed by atoms with Crippen LogP contribution in [0.4, 0.5) is 13.2 Å². The molecule has 3 nitrogen and oxygen atoms in total. The number of H-pyrrole nitrogens is 1. The van der Waals surface area contributed by atoms with Crippen molar-refractivity contribution in [3.8, 4) is 0 Å². The molecule has 0 aromatic carbocycles. The van der Waals surface area contributed by atoms with Crippen LogP contribution in [0.3, 0.4) is 0 Å². The molecule has 0 amide bonds. The quantitative estimate of drug-likeness (QED) is 0.827. The molecule has 0 aliphatic carbocycles. The van der Waals surface area contributed by atoms with Gasteiger partial charge in [0.25, 0.3) is 5.56 Å². The third kappa shape index (κ3) is 3.00. The Balaban J connectivity index is 2.38. The number of aromatic nitrogens is 1. The van der Waals surface area contributed by atoms with Crippen molar-refractivity contribution < 1.29 is 13.2 Å². The van der Waals surface area contributed by atoms with Crippen molar-refractivity contribution >= 4 is 0 Å². The Labute approximate surface area is 109 Å². The van der Waals surface area contributed by atoms with E-state index in [9.17, 15) is 18.0 Å². The van der Waals surface area contributed by atoms with Crippen molar-refractivity contribution in [2.45, 2.75) is 38.9 Å². The maximum absolute atomic E-state index is 12.7. The van der Waals surface area contributed by atoms with E-state index >= 15 is 0 Å². The minimum absolute atomic E-state index is 0.0575. The molecule has 2 atom stereocenters. The van der Waals surface area contributed by atoms with Crippen LogP contribution in [0.25, 0.3) is 0 Å². The zero-order valence-corrected chi connectivity index (χ0v) is 10.9. The summed E-state index contributed by atoms with van der Waals surface area (Å²) in [4.78, 5) is 13.8. The highest BCUT2D eigenvalue weighted by Crippen LogP contribution is 2.31. The predicted molar refractivity (Wildman–Crippen MR) is 65.9 cm³/mol. The van der Waals surface area contributed by atoms with Crippen LogP contribution in [-0.2, 0) is 6.18 Å². The summed E-state index contributed by atoms with van der Waals surface area (Å²) in [6.45, 7) is 4.23. The van der Waals surface area contributed by atoms with Crippen molar-refractivity contribution in [3.05, 3.63) is 33.2 Å². The van der Waals surface area contributed by atoms with Gasteiger partial charge < -0.3 is 10.3 Å². The standard InChI is InChI=1S/C13H17F3N2O/c1-7-3-4-17-10(5-7)9-6-8(2)11(13(14,15)16)18-12(9)19/h6-7,10,17H,3-5H2,1-2H3,(H,18,19)/t7-,10+/m0/s1. The maximum atomic E-state index is 12.7. The van der Waals surface area contributed by atoms with Crippen molar-refractivity contribution in [3.63, 3.8) is 0 Å². The number of nitrogens with one attached hydrogen (secondary N) is 2.